The van der Waals surface area contributed by atoms with Gasteiger partial charge in [0.05, 0.1) is 5.92 Å². The Morgan fingerprint density at radius 3 is 2.62 bits per heavy atom. The quantitative estimate of drug-likeness (QED) is 0.830. The number of hydrogen-bond acceptors (Lipinski definition) is 3. The van der Waals surface area contributed by atoms with Crippen molar-refractivity contribution < 1.29 is 15.0 Å². The van der Waals surface area contributed by atoms with Crippen LogP contribution in [0.5, 0.6) is 5.75 Å². The molecule has 16 heavy (non-hydrogen) atoms. The number of aliphatic carboxylic acids is 1. The summed E-state index contributed by atoms with van der Waals surface area (Å²) in [6.07, 6.45) is 0.895. The van der Waals surface area contributed by atoms with Gasteiger partial charge in [-0.1, -0.05) is 12.1 Å². The standard InChI is InChI=1S/C12H14O3S/c13-9-3-1-8(2-4-9)10-5-6-16-7-11(10)12(14)15/h1-4,10-11,13H,5-7H2,(H,14,15). The molecule has 1 saturated heterocycles. The summed E-state index contributed by atoms with van der Waals surface area (Å²) in [5.74, 6) is 0.977. The first-order valence-corrected chi connectivity index (χ1v) is 6.43. The van der Waals surface area contributed by atoms with E-state index in [-0.39, 0.29) is 17.6 Å². The maximum Gasteiger partial charge on any atom is 0.307 e. The molecule has 2 rings (SSSR count). The van der Waals surface area contributed by atoms with E-state index in [1.165, 1.54) is 0 Å². The van der Waals surface area contributed by atoms with Crippen LogP contribution in [0.3, 0.4) is 0 Å². The Kier molecular flexibility index (Phi) is 3.39. The Balaban J connectivity index is 2.23. The summed E-state index contributed by atoms with van der Waals surface area (Å²) in [6, 6.07) is 6.89. The van der Waals surface area contributed by atoms with Gasteiger partial charge in [-0.3, -0.25) is 4.79 Å². The van der Waals surface area contributed by atoms with E-state index in [1.54, 1.807) is 23.9 Å². The molecule has 1 aromatic carbocycles. The molecular formula is C12H14O3S. The molecule has 2 N–H and O–H groups in total. The fourth-order valence-corrected chi connectivity index (χ4v) is 3.32. The fraction of sp³-hybridized carbons (Fsp3) is 0.417. The van der Waals surface area contributed by atoms with Gasteiger partial charge in [0.25, 0.3) is 0 Å². The van der Waals surface area contributed by atoms with Crippen LogP contribution in [0.25, 0.3) is 0 Å². The van der Waals surface area contributed by atoms with E-state index in [2.05, 4.69) is 0 Å². The molecule has 1 heterocycles. The molecule has 1 aromatic rings. The van der Waals surface area contributed by atoms with Crippen LogP contribution in [-0.2, 0) is 4.79 Å². The maximum absolute atomic E-state index is 11.1. The average Bonchev–Trinajstić information content (AvgIpc) is 2.30. The van der Waals surface area contributed by atoms with E-state index < -0.39 is 5.97 Å². The van der Waals surface area contributed by atoms with Crippen molar-refractivity contribution in [2.45, 2.75) is 12.3 Å². The van der Waals surface area contributed by atoms with Crippen LogP contribution >= 0.6 is 11.8 Å². The highest BCUT2D eigenvalue weighted by atomic mass is 32.2. The minimum absolute atomic E-state index is 0.0827. The summed E-state index contributed by atoms with van der Waals surface area (Å²) in [4.78, 5) is 11.1. The second-order valence-corrected chi connectivity index (χ2v) is 5.16. The minimum Gasteiger partial charge on any atom is -0.508 e. The van der Waals surface area contributed by atoms with E-state index in [0.29, 0.717) is 5.75 Å². The Hall–Kier alpha value is -1.16. The third kappa shape index (κ3) is 2.32. The van der Waals surface area contributed by atoms with Crippen molar-refractivity contribution in [3.05, 3.63) is 29.8 Å². The molecule has 0 aliphatic carbocycles. The van der Waals surface area contributed by atoms with Crippen LogP contribution in [-0.4, -0.2) is 27.7 Å². The molecule has 0 radical (unpaired) electrons. The zero-order valence-electron chi connectivity index (χ0n) is 8.80. The van der Waals surface area contributed by atoms with E-state index in [1.807, 2.05) is 12.1 Å². The maximum atomic E-state index is 11.1. The number of carboxylic acid groups (broad SMARTS) is 1. The highest BCUT2D eigenvalue weighted by molar-refractivity contribution is 7.99. The summed E-state index contributed by atoms with van der Waals surface area (Å²) >= 11 is 1.70. The van der Waals surface area contributed by atoms with Gasteiger partial charge in [-0.2, -0.15) is 11.8 Å². The third-order valence-electron chi connectivity index (χ3n) is 2.99. The first kappa shape index (κ1) is 11.3. The predicted octanol–water partition coefficient (Wildman–Crippen LogP) is 2.31. The summed E-state index contributed by atoms with van der Waals surface area (Å²) in [6.45, 7) is 0. The monoisotopic (exact) mass is 238 g/mol. The molecule has 1 fully saturated rings. The number of carboxylic acids is 1. The molecule has 1 aliphatic heterocycles. The van der Waals surface area contributed by atoms with Crippen molar-refractivity contribution in [1.82, 2.24) is 0 Å². The van der Waals surface area contributed by atoms with Crippen LogP contribution in [0, 0.1) is 5.92 Å². The lowest BCUT2D eigenvalue weighted by Gasteiger charge is -2.28. The SMILES string of the molecule is O=C(O)C1CSCCC1c1ccc(O)cc1. The highest BCUT2D eigenvalue weighted by Crippen LogP contribution is 2.36. The zero-order valence-corrected chi connectivity index (χ0v) is 9.61. The van der Waals surface area contributed by atoms with Crippen LogP contribution in [0.1, 0.15) is 17.9 Å². The van der Waals surface area contributed by atoms with Gasteiger partial charge in [0.2, 0.25) is 0 Å². The van der Waals surface area contributed by atoms with Crippen LogP contribution in [0.15, 0.2) is 24.3 Å². The molecule has 0 aromatic heterocycles. The van der Waals surface area contributed by atoms with E-state index in [9.17, 15) is 9.90 Å². The number of benzene rings is 1. The lowest BCUT2D eigenvalue weighted by molar-refractivity contribution is -0.141. The Bertz CT molecular complexity index is 374. The van der Waals surface area contributed by atoms with Crippen molar-refractivity contribution >= 4 is 17.7 Å². The van der Waals surface area contributed by atoms with Gasteiger partial charge < -0.3 is 10.2 Å². The first-order valence-electron chi connectivity index (χ1n) is 5.28. The van der Waals surface area contributed by atoms with Crippen molar-refractivity contribution in [2.24, 2.45) is 5.92 Å². The molecule has 4 heteroatoms. The molecule has 0 amide bonds. The first-order chi connectivity index (χ1) is 7.68. The van der Waals surface area contributed by atoms with Gasteiger partial charge >= 0.3 is 5.97 Å². The smallest absolute Gasteiger partial charge is 0.307 e. The summed E-state index contributed by atoms with van der Waals surface area (Å²) in [5, 5.41) is 18.4. The van der Waals surface area contributed by atoms with Crippen molar-refractivity contribution in [1.29, 1.82) is 0 Å². The Labute approximate surface area is 98.5 Å². The number of rotatable bonds is 2. The van der Waals surface area contributed by atoms with Crippen LogP contribution in [0.2, 0.25) is 0 Å². The van der Waals surface area contributed by atoms with Gasteiger partial charge in [0.15, 0.2) is 0 Å². The largest absolute Gasteiger partial charge is 0.508 e. The molecule has 1 aliphatic rings. The molecule has 0 bridgehead atoms. The summed E-state index contributed by atoms with van der Waals surface area (Å²) < 4.78 is 0. The average molecular weight is 238 g/mol. The van der Waals surface area contributed by atoms with Gasteiger partial charge in [-0.25, -0.2) is 0 Å². The fourth-order valence-electron chi connectivity index (χ4n) is 2.10. The molecule has 86 valence electrons. The van der Waals surface area contributed by atoms with E-state index >= 15 is 0 Å². The number of aromatic hydroxyl groups is 1. The van der Waals surface area contributed by atoms with Crippen LogP contribution in [0.4, 0.5) is 0 Å². The van der Waals surface area contributed by atoms with Gasteiger partial charge in [0, 0.05) is 5.75 Å². The molecule has 0 saturated carbocycles. The Morgan fingerprint density at radius 2 is 2.00 bits per heavy atom. The topological polar surface area (TPSA) is 57.5 Å². The third-order valence-corrected chi connectivity index (χ3v) is 4.11. The van der Waals surface area contributed by atoms with E-state index in [0.717, 1.165) is 17.7 Å². The molecular weight excluding hydrogens is 224 g/mol. The van der Waals surface area contributed by atoms with Gasteiger partial charge in [-0.15, -0.1) is 0 Å². The molecule has 3 nitrogen and oxygen atoms in total. The van der Waals surface area contributed by atoms with E-state index in [4.69, 9.17) is 5.11 Å². The summed E-state index contributed by atoms with van der Waals surface area (Å²) in [5.41, 5.74) is 1.02. The number of hydrogen-bond donors (Lipinski definition) is 2. The highest BCUT2D eigenvalue weighted by Gasteiger charge is 2.32. The lowest BCUT2D eigenvalue weighted by Crippen LogP contribution is -2.28. The zero-order chi connectivity index (χ0) is 11.5. The number of carbonyl (C=O) groups is 1. The minimum atomic E-state index is -0.717. The molecule has 2 atom stereocenters. The second-order valence-electron chi connectivity index (χ2n) is 4.01. The predicted molar refractivity (Wildman–Crippen MR) is 63.9 cm³/mol. The second kappa shape index (κ2) is 4.78. The number of phenolic OH excluding ortho intramolecular Hbond substituents is 1. The van der Waals surface area contributed by atoms with Crippen molar-refractivity contribution in [3.8, 4) is 5.75 Å². The normalized spacial score (nSPS) is 25.2. The molecule has 2 unspecified atom stereocenters. The van der Waals surface area contributed by atoms with Crippen LogP contribution < -0.4 is 0 Å². The van der Waals surface area contributed by atoms with Crippen molar-refractivity contribution in [3.63, 3.8) is 0 Å². The number of phenols is 1. The Morgan fingerprint density at radius 1 is 1.31 bits per heavy atom. The van der Waals surface area contributed by atoms with Crippen molar-refractivity contribution in [2.75, 3.05) is 11.5 Å². The number of thioether (sulfide) groups is 1. The van der Waals surface area contributed by atoms with Gasteiger partial charge in [-0.05, 0) is 35.8 Å². The lowest BCUT2D eigenvalue weighted by atomic mass is 9.84. The molecule has 0 spiro atoms. The summed E-state index contributed by atoms with van der Waals surface area (Å²) in [7, 11) is 0. The van der Waals surface area contributed by atoms with Gasteiger partial charge in [0.1, 0.15) is 5.75 Å².